The standard InChI is InChI=1S/C18H19F3N4O/c1-11-9-16(18(19,20)21)24-25(11)8-7-22-17(26)10-14-12(2)23-15-6-4-3-5-13(14)15/h3-6,9,23H,7-8,10H2,1-2H3,(H,22,26). The average Bonchev–Trinajstić information content (AvgIpc) is 3.08. The normalized spacial score (nSPS) is 11.9. The molecule has 0 atom stereocenters. The zero-order valence-corrected chi connectivity index (χ0v) is 14.4. The molecule has 2 N–H and O–H groups in total. The van der Waals surface area contributed by atoms with Crippen LogP contribution < -0.4 is 5.32 Å². The lowest BCUT2D eigenvalue weighted by Crippen LogP contribution is -2.29. The Kier molecular flexibility index (Phi) is 4.76. The number of fused-ring (bicyclic) bond motifs is 1. The molecule has 0 unspecified atom stereocenters. The van der Waals surface area contributed by atoms with Crippen LogP contribution in [0.15, 0.2) is 30.3 Å². The zero-order valence-electron chi connectivity index (χ0n) is 14.4. The minimum absolute atomic E-state index is 0.181. The van der Waals surface area contributed by atoms with E-state index in [1.54, 1.807) is 6.92 Å². The Balaban J connectivity index is 1.60. The second-order valence-electron chi connectivity index (χ2n) is 6.19. The summed E-state index contributed by atoms with van der Waals surface area (Å²) in [6.07, 6.45) is -4.26. The number of carbonyl (C=O) groups is 1. The Morgan fingerprint density at radius 2 is 2.00 bits per heavy atom. The molecule has 0 radical (unpaired) electrons. The topological polar surface area (TPSA) is 62.7 Å². The van der Waals surface area contributed by atoms with E-state index < -0.39 is 11.9 Å². The van der Waals surface area contributed by atoms with Crippen LogP contribution in [-0.4, -0.2) is 27.2 Å². The fraction of sp³-hybridized carbons (Fsp3) is 0.333. The van der Waals surface area contributed by atoms with Crippen LogP contribution in [0.25, 0.3) is 10.9 Å². The van der Waals surface area contributed by atoms with Crippen LogP contribution in [-0.2, 0) is 23.9 Å². The summed E-state index contributed by atoms with van der Waals surface area (Å²) in [5.74, 6) is -0.182. The number of aromatic amines is 1. The molecule has 0 saturated heterocycles. The fourth-order valence-electron chi connectivity index (χ4n) is 2.96. The van der Waals surface area contributed by atoms with Crippen LogP contribution in [0.4, 0.5) is 13.2 Å². The van der Waals surface area contributed by atoms with Crippen LogP contribution in [0.2, 0.25) is 0 Å². The number of alkyl halides is 3. The minimum atomic E-state index is -4.47. The molecule has 26 heavy (non-hydrogen) atoms. The number of nitrogens with one attached hydrogen (secondary N) is 2. The van der Waals surface area contributed by atoms with E-state index >= 15 is 0 Å². The largest absolute Gasteiger partial charge is 0.435 e. The first-order chi connectivity index (χ1) is 12.3. The van der Waals surface area contributed by atoms with Gasteiger partial charge in [-0.25, -0.2) is 0 Å². The molecule has 0 aliphatic heterocycles. The highest BCUT2D eigenvalue weighted by molar-refractivity contribution is 5.90. The van der Waals surface area contributed by atoms with Crippen LogP contribution in [0, 0.1) is 13.8 Å². The minimum Gasteiger partial charge on any atom is -0.358 e. The van der Waals surface area contributed by atoms with Crippen molar-refractivity contribution in [2.75, 3.05) is 6.54 Å². The molecule has 5 nitrogen and oxygen atoms in total. The van der Waals surface area contributed by atoms with Gasteiger partial charge in [0.05, 0.1) is 13.0 Å². The fourth-order valence-corrected chi connectivity index (χ4v) is 2.96. The van der Waals surface area contributed by atoms with Gasteiger partial charge in [-0.1, -0.05) is 18.2 Å². The first kappa shape index (κ1) is 18.0. The maximum absolute atomic E-state index is 12.7. The zero-order chi connectivity index (χ0) is 18.9. The van der Waals surface area contributed by atoms with E-state index in [9.17, 15) is 18.0 Å². The van der Waals surface area contributed by atoms with Gasteiger partial charge in [0.1, 0.15) is 0 Å². The smallest absolute Gasteiger partial charge is 0.358 e. The summed E-state index contributed by atoms with van der Waals surface area (Å²) in [4.78, 5) is 15.4. The molecule has 0 spiro atoms. The summed E-state index contributed by atoms with van der Waals surface area (Å²) in [7, 11) is 0. The quantitative estimate of drug-likeness (QED) is 0.729. The molecule has 0 saturated carbocycles. The lowest BCUT2D eigenvalue weighted by Gasteiger charge is -2.07. The van der Waals surface area contributed by atoms with Crippen molar-refractivity contribution >= 4 is 16.8 Å². The van der Waals surface area contributed by atoms with Crippen molar-refractivity contribution in [2.24, 2.45) is 0 Å². The summed E-state index contributed by atoms with van der Waals surface area (Å²) in [6.45, 7) is 3.86. The number of benzene rings is 1. The number of amides is 1. The number of aryl methyl sites for hydroxylation is 2. The Bertz CT molecular complexity index is 940. The number of carbonyl (C=O) groups excluding carboxylic acids is 1. The molecule has 0 fully saturated rings. The van der Waals surface area contributed by atoms with E-state index in [0.717, 1.165) is 28.2 Å². The van der Waals surface area contributed by atoms with Crippen molar-refractivity contribution in [3.05, 3.63) is 53.0 Å². The molecule has 0 aliphatic carbocycles. The van der Waals surface area contributed by atoms with E-state index in [2.05, 4.69) is 15.4 Å². The van der Waals surface area contributed by atoms with Crippen molar-refractivity contribution in [2.45, 2.75) is 33.0 Å². The van der Waals surface area contributed by atoms with E-state index in [1.807, 2.05) is 31.2 Å². The molecule has 2 heterocycles. The van der Waals surface area contributed by atoms with Gasteiger partial charge in [0.25, 0.3) is 0 Å². The molecule has 2 aromatic heterocycles. The summed E-state index contributed by atoms with van der Waals surface area (Å²) < 4.78 is 39.2. The third-order valence-corrected chi connectivity index (χ3v) is 4.28. The van der Waals surface area contributed by atoms with E-state index in [1.165, 1.54) is 4.68 Å². The van der Waals surface area contributed by atoms with Crippen molar-refractivity contribution in [1.82, 2.24) is 20.1 Å². The highest BCUT2D eigenvalue weighted by Gasteiger charge is 2.34. The molecule has 3 rings (SSSR count). The van der Waals surface area contributed by atoms with Crippen LogP contribution >= 0.6 is 0 Å². The predicted molar refractivity (Wildman–Crippen MR) is 91.7 cm³/mol. The van der Waals surface area contributed by atoms with Gasteiger partial charge in [-0.3, -0.25) is 9.48 Å². The molecule has 138 valence electrons. The number of halogens is 3. The third-order valence-electron chi connectivity index (χ3n) is 4.28. The van der Waals surface area contributed by atoms with Gasteiger partial charge in [0.2, 0.25) is 5.91 Å². The molecule has 0 aliphatic rings. The number of hydrogen-bond acceptors (Lipinski definition) is 2. The number of para-hydroxylation sites is 1. The van der Waals surface area contributed by atoms with Gasteiger partial charge in [-0.2, -0.15) is 18.3 Å². The Labute approximate surface area is 148 Å². The summed E-state index contributed by atoms with van der Waals surface area (Å²) in [6, 6.07) is 8.73. The number of H-pyrrole nitrogens is 1. The van der Waals surface area contributed by atoms with Crippen LogP contribution in [0.3, 0.4) is 0 Å². The Morgan fingerprint density at radius 3 is 2.69 bits per heavy atom. The number of aromatic nitrogens is 3. The molecular formula is C18H19F3N4O. The average molecular weight is 364 g/mol. The molecule has 0 bridgehead atoms. The number of hydrogen-bond donors (Lipinski definition) is 2. The lowest BCUT2D eigenvalue weighted by atomic mass is 10.1. The number of rotatable bonds is 5. The van der Waals surface area contributed by atoms with Gasteiger partial charge in [0, 0.05) is 28.8 Å². The van der Waals surface area contributed by atoms with Gasteiger partial charge >= 0.3 is 6.18 Å². The SMILES string of the molecule is Cc1[nH]c2ccccc2c1CC(=O)NCCn1nc(C(F)(F)F)cc1C. The van der Waals surface area contributed by atoms with Gasteiger partial charge in [-0.05, 0) is 31.5 Å². The molecular weight excluding hydrogens is 345 g/mol. The van der Waals surface area contributed by atoms with Crippen molar-refractivity contribution in [1.29, 1.82) is 0 Å². The highest BCUT2D eigenvalue weighted by atomic mass is 19.4. The summed E-state index contributed by atoms with van der Waals surface area (Å²) in [5, 5.41) is 7.28. The van der Waals surface area contributed by atoms with Crippen molar-refractivity contribution in [3.63, 3.8) is 0 Å². The highest BCUT2D eigenvalue weighted by Crippen LogP contribution is 2.28. The Morgan fingerprint density at radius 1 is 1.27 bits per heavy atom. The summed E-state index contributed by atoms with van der Waals surface area (Å²) in [5.41, 5.74) is 2.31. The van der Waals surface area contributed by atoms with Crippen molar-refractivity contribution in [3.8, 4) is 0 Å². The van der Waals surface area contributed by atoms with Crippen molar-refractivity contribution < 1.29 is 18.0 Å². The molecule has 3 aromatic rings. The molecule has 8 heteroatoms. The van der Waals surface area contributed by atoms with E-state index in [-0.39, 0.29) is 25.4 Å². The third kappa shape index (κ3) is 3.74. The first-order valence-electron chi connectivity index (χ1n) is 8.20. The predicted octanol–water partition coefficient (Wildman–Crippen LogP) is 3.36. The summed E-state index contributed by atoms with van der Waals surface area (Å²) >= 11 is 0. The van der Waals surface area contributed by atoms with E-state index in [4.69, 9.17) is 0 Å². The first-order valence-corrected chi connectivity index (χ1v) is 8.20. The second kappa shape index (κ2) is 6.86. The van der Waals surface area contributed by atoms with Gasteiger partial charge in [-0.15, -0.1) is 0 Å². The van der Waals surface area contributed by atoms with Gasteiger partial charge < -0.3 is 10.3 Å². The van der Waals surface area contributed by atoms with Crippen LogP contribution in [0.5, 0.6) is 0 Å². The lowest BCUT2D eigenvalue weighted by molar-refractivity contribution is -0.141. The maximum Gasteiger partial charge on any atom is 0.435 e. The number of nitrogens with zero attached hydrogens (tertiary/aromatic N) is 2. The molecule has 1 amide bonds. The van der Waals surface area contributed by atoms with Gasteiger partial charge in [0.15, 0.2) is 5.69 Å². The van der Waals surface area contributed by atoms with Crippen LogP contribution in [0.1, 0.15) is 22.6 Å². The molecule has 1 aromatic carbocycles. The maximum atomic E-state index is 12.7. The van der Waals surface area contributed by atoms with E-state index in [0.29, 0.717) is 5.69 Å². The monoisotopic (exact) mass is 364 g/mol. The second-order valence-corrected chi connectivity index (χ2v) is 6.19. The Hall–Kier alpha value is -2.77.